The van der Waals surface area contributed by atoms with Crippen LogP contribution in [0.15, 0.2) is 42.5 Å². The maximum atomic E-state index is 12.1. The third-order valence-corrected chi connectivity index (χ3v) is 4.47. The van der Waals surface area contributed by atoms with Gasteiger partial charge in [0.05, 0.1) is 0 Å². The fourth-order valence-electron chi connectivity index (χ4n) is 3.23. The minimum atomic E-state index is 0.255. The van der Waals surface area contributed by atoms with Gasteiger partial charge in [-0.2, -0.15) is 0 Å². The van der Waals surface area contributed by atoms with Gasteiger partial charge in [-0.15, -0.1) is 0 Å². The summed E-state index contributed by atoms with van der Waals surface area (Å²) in [6, 6.07) is 15.0. The molecule has 1 heterocycles. The van der Waals surface area contributed by atoms with Crippen LogP contribution in [0.1, 0.15) is 43.7 Å². The van der Waals surface area contributed by atoms with Gasteiger partial charge < -0.3 is 4.90 Å². The molecule has 1 aliphatic heterocycles. The number of hydrogen-bond acceptors (Lipinski definition) is 1. The zero-order valence-corrected chi connectivity index (χ0v) is 13.6. The summed E-state index contributed by atoms with van der Waals surface area (Å²) in [5, 5.41) is 0. The Balaban J connectivity index is 2.08. The lowest BCUT2D eigenvalue weighted by Crippen LogP contribution is -2.25. The molecular weight excluding hydrogens is 270 g/mol. The maximum Gasteiger partial charge on any atom is 0.227 e. The van der Waals surface area contributed by atoms with Crippen LogP contribution in [0.2, 0.25) is 0 Å². The number of nitrogens with zero attached hydrogens (tertiary/aromatic N) is 1. The number of rotatable bonds is 3. The van der Waals surface area contributed by atoms with Crippen LogP contribution in [0.5, 0.6) is 0 Å². The third kappa shape index (κ3) is 2.66. The number of aryl methyl sites for hydroxylation is 1. The van der Waals surface area contributed by atoms with Crippen molar-refractivity contribution in [3.05, 3.63) is 53.6 Å². The average Bonchev–Trinajstić information content (AvgIpc) is 2.93. The summed E-state index contributed by atoms with van der Waals surface area (Å²) in [4.78, 5) is 14.0. The van der Waals surface area contributed by atoms with Gasteiger partial charge in [0, 0.05) is 18.7 Å². The fraction of sp³-hybridized carbons (Fsp3) is 0.350. The normalized spacial score (nSPS) is 14.9. The molecule has 0 N–H and O–H groups in total. The van der Waals surface area contributed by atoms with Crippen LogP contribution in [0, 0.1) is 6.92 Å². The second-order valence-corrected chi connectivity index (χ2v) is 6.39. The van der Waals surface area contributed by atoms with Gasteiger partial charge in [-0.3, -0.25) is 4.79 Å². The van der Waals surface area contributed by atoms with Crippen molar-refractivity contribution in [3.63, 3.8) is 0 Å². The van der Waals surface area contributed by atoms with E-state index in [0.29, 0.717) is 12.3 Å². The molecule has 114 valence electrons. The van der Waals surface area contributed by atoms with E-state index in [1.54, 1.807) is 0 Å². The standard InChI is InChI=1S/C20H23NO/c1-14(2)18-13-16(17-8-5-4-7-15(17)3)10-11-19(18)21-12-6-9-20(21)22/h4-5,7-8,10-11,13-14H,6,9,12H2,1-3H3. The Labute approximate surface area is 132 Å². The van der Waals surface area contributed by atoms with Crippen molar-refractivity contribution in [2.75, 3.05) is 11.4 Å². The summed E-state index contributed by atoms with van der Waals surface area (Å²) in [6.07, 6.45) is 1.65. The van der Waals surface area contributed by atoms with E-state index in [4.69, 9.17) is 0 Å². The van der Waals surface area contributed by atoms with Crippen molar-refractivity contribution in [2.45, 2.75) is 39.5 Å². The Hall–Kier alpha value is -2.09. The molecule has 2 aromatic rings. The van der Waals surface area contributed by atoms with Crippen molar-refractivity contribution >= 4 is 11.6 Å². The average molecular weight is 293 g/mol. The van der Waals surface area contributed by atoms with Gasteiger partial charge in [0.1, 0.15) is 0 Å². The highest BCUT2D eigenvalue weighted by atomic mass is 16.2. The lowest BCUT2D eigenvalue weighted by atomic mass is 9.93. The Morgan fingerprint density at radius 3 is 2.50 bits per heavy atom. The summed E-state index contributed by atoms with van der Waals surface area (Å²) in [7, 11) is 0. The summed E-state index contributed by atoms with van der Waals surface area (Å²) < 4.78 is 0. The van der Waals surface area contributed by atoms with Gasteiger partial charge in [-0.1, -0.05) is 44.2 Å². The van der Waals surface area contributed by atoms with Gasteiger partial charge in [0.15, 0.2) is 0 Å². The second-order valence-electron chi connectivity index (χ2n) is 6.39. The molecule has 0 saturated carbocycles. The molecule has 1 fully saturated rings. The van der Waals surface area contributed by atoms with E-state index in [2.05, 4.69) is 63.2 Å². The van der Waals surface area contributed by atoms with E-state index in [0.717, 1.165) is 18.7 Å². The first kappa shape index (κ1) is 14.8. The predicted molar refractivity (Wildman–Crippen MR) is 92.3 cm³/mol. The zero-order valence-electron chi connectivity index (χ0n) is 13.6. The Morgan fingerprint density at radius 1 is 1.09 bits per heavy atom. The van der Waals surface area contributed by atoms with E-state index in [1.807, 2.05) is 4.90 Å². The summed E-state index contributed by atoms with van der Waals surface area (Å²) in [5.41, 5.74) is 6.13. The van der Waals surface area contributed by atoms with Crippen LogP contribution in [0.3, 0.4) is 0 Å². The molecule has 1 aliphatic rings. The van der Waals surface area contributed by atoms with E-state index >= 15 is 0 Å². The molecule has 0 unspecified atom stereocenters. The number of carbonyl (C=O) groups excluding carboxylic acids is 1. The SMILES string of the molecule is Cc1ccccc1-c1ccc(N2CCCC2=O)c(C(C)C)c1. The number of hydrogen-bond donors (Lipinski definition) is 0. The Kier molecular flexibility index (Phi) is 4.02. The van der Waals surface area contributed by atoms with Gasteiger partial charge in [0.25, 0.3) is 0 Å². The predicted octanol–water partition coefficient (Wildman–Crippen LogP) is 4.91. The highest BCUT2D eigenvalue weighted by Gasteiger charge is 2.24. The summed E-state index contributed by atoms with van der Waals surface area (Å²) >= 11 is 0. The molecule has 2 heteroatoms. The summed E-state index contributed by atoms with van der Waals surface area (Å²) in [5.74, 6) is 0.651. The molecule has 0 radical (unpaired) electrons. The van der Waals surface area contributed by atoms with Crippen LogP contribution >= 0.6 is 0 Å². The van der Waals surface area contributed by atoms with Crippen molar-refractivity contribution in [1.82, 2.24) is 0 Å². The zero-order chi connectivity index (χ0) is 15.7. The number of amides is 1. The lowest BCUT2D eigenvalue weighted by Gasteiger charge is -2.23. The highest BCUT2D eigenvalue weighted by molar-refractivity contribution is 5.96. The Bertz CT molecular complexity index is 703. The molecule has 3 rings (SSSR count). The lowest BCUT2D eigenvalue weighted by molar-refractivity contribution is -0.117. The van der Waals surface area contributed by atoms with E-state index in [-0.39, 0.29) is 5.91 Å². The van der Waals surface area contributed by atoms with Crippen molar-refractivity contribution < 1.29 is 4.79 Å². The molecule has 1 saturated heterocycles. The van der Waals surface area contributed by atoms with Gasteiger partial charge in [-0.05, 0) is 53.6 Å². The minimum Gasteiger partial charge on any atom is -0.312 e. The maximum absolute atomic E-state index is 12.1. The van der Waals surface area contributed by atoms with Crippen LogP contribution < -0.4 is 4.90 Å². The second kappa shape index (κ2) is 5.96. The molecule has 0 bridgehead atoms. The smallest absolute Gasteiger partial charge is 0.227 e. The van der Waals surface area contributed by atoms with Crippen LogP contribution in [0.4, 0.5) is 5.69 Å². The van der Waals surface area contributed by atoms with E-state index < -0.39 is 0 Å². The minimum absolute atomic E-state index is 0.255. The topological polar surface area (TPSA) is 20.3 Å². The molecule has 2 nitrogen and oxygen atoms in total. The van der Waals surface area contributed by atoms with Crippen molar-refractivity contribution in [2.24, 2.45) is 0 Å². The molecule has 0 aromatic heterocycles. The first-order chi connectivity index (χ1) is 10.6. The van der Waals surface area contributed by atoms with E-state index in [1.165, 1.54) is 22.3 Å². The van der Waals surface area contributed by atoms with Crippen LogP contribution in [-0.4, -0.2) is 12.5 Å². The van der Waals surface area contributed by atoms with Gasteiger partial charge in [0.2, 0.25) is 5.91 Å². The molecular formula is C20H23NO. The molecule has 0 spiro atoms. The Morgan fingerprint density at radius 2 is 1.86 bits per heavy atom. The fourth-order valence-corrected chi connectivity index (χ4v) is 3.23. The summed E-state index contributed by atoms with van der Waals surface area (Å²) in [6.45, 7) is 7.38. The number of carbonyl (C=O) groups is 1. The van der Waals surface area contributed by atoms with Crippen molar-refractivity contribution in [3.8, 4) is 11.1 Å². The molecule has 0 aliphatic carbocycles. The monoisotopic (exact) mass is 293 g/mol. The number of benzene rings is 2. The van der Waals surface area contributed by atoms with Gasteiger partial charge in [-0.25, -0.2) is 0 Å². The van der Waals surface area contributed by atoms with Gasteiger partial charge >= 0.3 is 0 Å². The third-order valence-electron chi connectivity index (χ3n) is 4.47. The van der Waals surface area contributed by atoms with Crippen LogP contribution in [-0.2, 0) is 4.79 Å². The quantitative estimate of drug-likeness (QED) is 0.787. The number of anilines is 1. The van der Waals surface area contributed by atoms with E-state index in [9.17, 15) is 4.79 Å². The first-order valence-corrected chi connectivity index (χ1v) is 8.08. The largest absolute Gasteiger partial charge is 0.312 e. The molecule has 0 atom stereocenters. The van der Waals surface area contributed by atoms with Crippen molar-refractivity contribution in [1.29, 1.82) is 0 Å². The first-order valence-electron chi connectivity index (χ1n) is 8.08. The molecule has 1 amide bonds. The molecule has 22 heavy (non-hydrogen) atoms. The molecule has 2 aromatic carbocycles. The van der Waals surface area contributed by atoms with Crippen LogP contribution in [0.25, 0.3) is 11.1 Å². The highest BCUT2D eigenvalue weighted by Crippen LogP contribution is 2.35.